The van der Waals surface area contributed by atoms with Gasteiger partial charge in [-0.1, -0.05) is 48.5 Å². The van der Waals surface area contributed by atoms with E-state index < -0.39 is 5.97 Å². The number of rotatable bonds is 6. The van der Waals surface area contributed by atoms with Crippen LogP contribution in [-0.2, 0) is 6.42 Å². The fraction of sp³-hybridized carbons (Fsp3) is 0.176. The molecule has 0 aliphatic rings. The molecule has 0 radical (unpaired) electrons. The number of allylic oxidation sites excluding steroid dienone is 1. The predicted octanol–water partition coefficient (Wildman–Crippen LogP) is 3.12. The van der Waals surface area contributed by atoms with Crippen molar-refractivity contribution in [3.63, 3.8) is 0 Å². The standard InChI is InChI=1S/C17H17N3O3S/c1-3-12-14(16(22)23)15(18)20-17(19-12)24-9-8-13(21)11-6-4-10(2)5-7-11/h4-9H,3H2,1-2H3,(H,22,23)(H2,18,19,20). The number of nitrogens with two attached hydrogens (primary N) is 1. The Labute approximate surface area is 143 Å². The number of benzene rings is 1. The lowest BCUT2D eigenvalue weighted by molar-refractivity contribution is 0.0695. The van der Waals surface area contributed by atoms with E-state index in [1.165, 1.54) is 6.08 Å². The number of aryl methyl sites for hydroxylation is 2. The fourth-order valence-corrected chi connectivity index (χ4v) is 2.64. The maximum absolute atomic E-state index is 12.0. The fourth-order valence-electron chi connectivity index (χ4n) is 2.02. The van der Waals surface area contributed by atoms with Crippen LogP contribution in [0.1, 0.15) is 38.9 Å². The number of carbonyl (C=O) groups excluding carboxylic acids is 1. The third-order valence-corrected chi connectivity index (χ3v) is 3.93. The van der Waals surface area contributed by atoms with Gasteiger partial charge in [0.25, 0.3) is 0 Å². The van der Waals surface area contributed by atoms with E-state index in [9.17, 15) is 9.59 Å². The van der Waals surface area contributed by atoms with Crippen LogP contribution >= 0.6 is 11.8 Å². The zero-order chi connectivity index (χ0) is 17.7. The van der Waals surface area contributed by atoms with Crippen molar-refractivity contribution in [2.45, 2.75) is 25.4 Å². The average molecular weight is 343 g/mol. The van der Waals surface area contributed by atoms with Crippen molar-refractivity contribution in [2.75, 3.05) is 5.73 Å². The highest BCUT2D eigenvalue weighted by Gasteiger charge is 2.17. The lowest BCUT2D eigenvalue weighted by Crippen LogP contribution is -2.11. The zero-order valence-electron chi connectivity index (χ0n) is 13.3. The molecule has 0 saturated carbocycles. The van der Waals surface area contributed by atoms with E-state index in [-0.39, 0.29) is 17.2 Å². The number of hydrogen-bond donors (Lipinski definition) is 2. The van der Waals surface area contributed by atoms with Crippen molar-refractivity contribution in [3.05, 3.63) is 58.1 Å². The Bertz CT molecular complexity index is 801. The first-order chi connectivity index (χ1) is 11.4. The molecule has 0 atom stereocenters. The van der Waals surface area contributed by atoms with E-state index >= 15 is 0 Å². The Morgan fingerprint density at radius 3 is 2.50 bits per heavy atom. The summed E-state index contributed by atoms with van der Waals surface area (Å²) >= 11 is 1.11. The number of aromatic carboxylic acids is 1. The lowest BCUT2D eigenvalue weighted by atomic mass is 10.1. The second-order valence-electron chi connectivity index (χ2n) is 5.02. The molecule has 7 heteroatoms. The number of aromatic nitrogens is 2. The molecule has 1 aromatic carbocycles. The Morgan fingerprint density at radius 1 is 1.25 bits per heavy atom. The highest BCUT2D eigenvalue weighted by atomic mass is 32.2. The molecule has 3 N–H and O–H groups in total. The molecule has 0 aliphatic carbocycles. The molecule has 0 amide bonds. The van der Waals surface area contributed by atoms with Gasteiger partial charge in [0.15, 0.2) is 10.9 Å². The summed E-state index contributed by atoms with van der Waals surface area (Å²) in [7, 11) is 0. The number of hydrogen-bond acceptors (Lipinski definition) is 6. The quantitative estimate of drug-likeness (QED) is 0.359. The maximum atomic E-state index is 12.0. The first kappa shape index (κ1) is 17.7. The maximum Gasteiger partial charge on any atom is 0.341 e. The van der Waals surface area contributed by atoms with Crippen molar-refractivity contribution >= 4 is 29.3 Å². The van der Waals surface area contributed by atoms with Gasteiger partial charge in [0.05, 0.1) is 5.69 Å². The van der Waals surface area contributed by atoms with Crippen molar-refractivity contribution in [1.82, 2.24) is 9.97 Å². The smallest absolute Gasteiger partial charge is 0.341 e. The van der Waals surface area contributed by atoms with Gasteiger partial charge >= 0.3 is 5.97 Å². The molecular formula is C17H17N3O3S. The predicted molar refractivity (Wildman–Crippen MR) is 93.3 cm³/mol. The minimum absolute atomic E-state index is 0.0680. The summed E-state index contributed by atoms with van der Waals surface area (Å²) in [5.74, 6) is -1.35. The van der Waals surface area contributed by atoms with Crippen LogP contribution < -0.4 is 5.73 Å². The second kappa shape index (κ2) is 7.74. The molecular weight excluding hydrogens is 326 g/mol. The van der Waals surface area contributed by atoms with Crippen LogP contribution in [-0.4, -0.2) is 26.8 Å². The Balaban J connectivity index is 2.14. The first-order valence-corrected chi connectivity index (χ1v) is 8.14. The summed E-state index contributed by atoms with van der Waals surface area (Å²) in [5.41, 5.74) is 7.68. The number of nitrogen functional groups attached to an aromatic ring is 1. The van der Waals surface area contributed by atoms with E-state index in [1.54, 1.807) is 24.5 Å². The Hall–Kier alpha value is -2.67. The molecule has 2 rings (SSSR count). The summed E-state index contributed by atoms with van der Waals surface area (Å²) in [6, 6.07) is 7.27. The number of ketones is 1. The average Bonchev–Trinajstić information content (AvgIpc) is 2.54. The number of carboxylic acid groups (broad SMARTS) is 1. The van der Waals surface area contributed by atoms with Crippen molar-refractivity contribution in [3.8, 4) is 0 Å². The molecule has 1 heterocycles. The van der Waals surface area contributed by atoms with E-state index in [4.69, 9.17) is 10.8 Å². The van der Waals surface area contributed by atoms with Crippen LogP contribution in [0.25, 0.3) is 0 Å². The normalized spacial score (nSPS) is 10.9. The summed E-state index contributed by atoms with van der Waals surface area (Å²) < 4.78 is 0. The molecule has 0 bridgehead atoms. The second-order valence-corrected chi connectivity index (χ2v) is 5.90. The Kier molecular flexibility index (Phi) is 5.70. The van der Waals surface area contributed by atoms with E-state index in [1.807, 2.05) is 19.1 Å². The first-order valence-electron chi connectivity index (χ1n) is 7.26. The van der Waals surface area contributed by atoms with Crippen LogP contribution in [0, 0.1) is 6.92 Å². The van der Waals surface area contributed by atoms with Gasteiger partial charge in [-0.25, -0.2) is 14.8 Å². The van der Waals surface area contributed by atoms with E-state index in [0.717, 1.165) is 17.3 Å². The highest BCUT2D eigenvalue weighted by molar-refractivity contribution is 8.02. The van der Waals surface area contributed by atoms with Crippen LogP contribution in [0.4, 0.5) is 5.82 Å². The van der Waals surface area contributed by atoms with Gasteiger partial charge in [0.2, 0.25) is 0 Å². The highest BCUT2D eigenvalue weighted by Crippen LogP contribution is 2.21. The van der Waals surface area contributed by atoms with Gasteiger partial charge in [0.1, 0.15) is 11.4 Å². The molecule has 0 unspecified atom stereocenters. The minimum Gasteiger partial charge on any atom is -0.477 e. The van der Waals surface area contributed by atoms with Gasteiger partial charge in [-0.2, -0.15) is 0 Å². The van der Waals surface area contributed by atoms with Gasteiger partial charge in [-0.3, -0.25) is 4.79 Å². The van der Waals surface area contributed by atoms with E-state index in [2.05, 4.69) is 9.97 Å². The largest absolute Gasteiger partial charge is 0.477 e. The third-order valence-electron chi connectivity index (χ3n) is 3.27. The molecule has 6 nitrogen and oxygen atoms in total. The number of anilines is 1. The molecule has 0 spiro atoms. The summed E-state index contributed by atoms with van der Waals surface area (Å²) in [6.45, 7) is 3.74. The summed E-state index contributed by atoms with van der Waals surface area (Å²) in [6.07, 6.45) is 1.85. The van der Waals surface area contributed by atoms with Crippen LogP contribution in [0.15, 0.2) is 40.9 Å². The molecule has 0 fully saturated rings. The molecule has 1 aromatic heterocycles. The molecule has 2 aromatic rings. The van der Waals surface area contributed by atoms with Gasteiger partial charge in [-0.05, 0) is 24.8 Å². The van der Waals surface area contributed by atoms with Gasteiger partial charge in [0, 0.05) is 5.56 Å². The van der Waals surface area contributed by atoms with Crippen LogP contribution in [0.2, 0.25) is 0 Å². The molecule has 24 heavy (non-hydrogen) atoms. The van der Waals surface area contributed by atoms with Crippen molar-refractivity contribution < 1.29 is 14.7 Å². The van der Waals surface area contributed by atoms with Gasteiger partial charge < -0.3 is 10.8 Å². The summed E-state index contributed by atoms with van der Waals surface area (Å²) in [5, 5.41) is 11.0. The Morgan fingerprint density at radius 2 is 1.92 bits per heavy atom. The number of carboxylic acids is 1. The lowest BCUT2D eigenvalue weighted by Gasteiger charge is -2.07. The van der Waals surface area contributed by atoms with Crippen LogP contribution in [0.3, 0.4) is 0 Å². The monoisotopic (exact) mass is 343 g/mol. The topological polar surface area (TPSA) is 106 Å². The molecule has 0 aliphatic heterocycles. The third kappa shape index (κ3) is 4.20. The zero-order valence-corrected chi connectivity index (χ0v) is 14.1. The molecule has 124 valence electrons. The summed E-state index contributed by atoms with van der Waals surface area (Å²) in [4.78, 5) is 31.4. The van der Waals surface area contributed by atoms with Crippen molar-refractivity contribution in [1.29, 1.82) is 0 Å². The van der Waals surface area contributed by atoms with E-state index in [0.29, 0.717) is 22.8 Å². The minimum atomic E-state index is -1.15. The van der Waals surface area contributed by atoms with Gasteiger partial charge in [-0.15, -0.1) is 0 Å². The number of carbonyl (C=O) groups is 2. The SMILES string of the molecule is CCc1nc(SC=CC(=O)c2ccc(C)cc2)nc(N)c1C(=O)O. The number of thioether (sulfide) groups is 1. The van der Waals surface area contributed by atoms with Crippen LogP contribution in [0.5, 0.6) is 0 Å². The number of nitrogens with zero attached hydrogens (tertiary/aromatic N) is 2. The van der Waals surface area contributed by atoms with Crippen molar-refractivity contribution in [2.24, 2.45) is 0 Å². The molecule has 0 saturated heterocycles.